The van der Waals surface area contributed by atoms with Crippen molar-refractivity contribution in [3.05, 3.63) is 0 Å². The van der Waals surface area contributed by atoms with E-state index in [9.17, 15) is 13.6 Å². The molecule has 0 radical (unpaired) electrons. The third kappa shape index (κ3) is 4.93. The van der Waals surface area contributed by atoms with Gasteiger partial charge in [-0.2, -0.15) is 0 Å². The second-order valence-electron chi connectivity index (χ2n) is 3.77. The van der Waals surface area contributed by atoms with Crippen molar-refractivity contribution in [2.24, 2.45) is 5.73 Å². The Kier molecular flexibility index (Phi) is 6.31. The van der Waals surface area contributed by atoms with Gasteiger partial charge < -0.3 is 20.1 Å². The first kappa shape index (κ1) is 14.3. The van der Waals surface area contributed by atoms with Crippen LogP contribution in [0.25, 0.3) is 0 Å². The predicted octanol–water partition coefficient (Wildman–Crippen LogP) is -0.156. The molecule has 0 aromatic carbocycles. The molecular formula is C10H18F2N2O3. The fourth-order valence-electron chi connectivity index (χ4n) is 1.65. The zero-order valence-corrected chi connectivity index (χ0v) is 9.61. The van der Waals surface area contributed by atoms with Crippen molar-refractivity contribution in [3.8, 4) is 0 Å². The van der Waals surface area contributed by atoms with Crippen molar-refractivity contribution in [1.29, 1.82) is 0 Å². The number of ether oxygens (including phenoxy) is 2. The van der Waals surface area contributed by atoms with Crippen LogP contribution >= 0.6 is 0 Å². The molecule has 7 heteroatoms. The molecule has 100 valence electrons. The lowest BCUT2D eigenvalue weighted by Crippen LogP contribution is -2.52. The molecular weight excluding hydrogens is 234 g/mol. The van der Waals surface area contributed by atoms with Gasteiger partial charge in [-0.1, -0.05) is 0 Å². The zero-order chi connectivity index (χ0) is 12.7. The van der Waals surface area contributed by atoms with Crippen LogP contribution in [0.1, 0.15) is 6.42 Å². The Morgan fingerprint density at radius 1 is 1.59 bits per heavy atom. The third-order valence-corrected chi connectivity index (χ3v) is 2.52. The van der Waals surface area contributed by atoms with E-state index >= 15 is 0 Å². The van der Waals surface area contributed by atoms with Crippen molar-refractivity contribution >= 4 is 5.91 Å². The molecule has 1 unspecified atom stereocenters. The molecule has 1 atom stereocenters. The lowest BCUT2D eigenvalue weighted by atomic mass is 10.2. The van der Waals surface area contributed by atoms with Crippen molar-refractivity contribution in [1.82, 2.24) is 4.90 Å². The first-order chi connectivity index (χ1) is 8.15. The van der Waals surface area contributed by atoms with Gasteiger partial charge in [0.05, 0.1) is 32.3 Å². The zero-order valence-electron chi connectivity index (χ0n) is 9.61. The highest BCUT2D eigenvalue weighted by molar-refractivity contribution is 5.76. The number of hydrogen-bond donors (Lipinski definition) is 1. The number of halogens is 2. The summed E-state index contributed by atoms with van der Waals surface area (Å²) < 4.78 is 33.4. The van der Waals surface area contributed by atoms with Gasteiger partial charge in [0.25, 0.3) is 6.43 Å². The number of carbonyl (C=O) groups excluding carboxylic acids is 1. The number of morpholine rings is 1. The predicted molar refractivity (Wildman–Crippen MR) is 56.8 cm³/mol. The molecule has 0 bridgehead atoms. The minimum Gasteiger partial charge on any atom is -0.377 e. The van der Waals surface area contributed by atoms with Gasteiger partial charge in [0, 0.05) is 13.1 Å². The van der Waals surface area contributed by atoms with E-state index in [-0.39, 0.29) is 25.0 Å². The standard InChI is InChI=1S/C10H18F2N2O3/c11-9(12)7-16-3-1-10(15)14-2-4-17-6-8(14)5-13/h8-9H,1-7,13H2. The SMILES string of the molecule is NCC1COCCN1C(=O)CCOCC(F)F. The molecule has 0 aliphatic carbocycles. The number of alkyl halides is 2. The van der Waals surface area contributed by atoms with E-state index in [2.05, 4.69) is 4.74 Å². The Balaban J connectivity index is 2.25. The molecule has 1 amide bonds. The Morgan fingerprint density at radius 2 is 2.35 bits per heavy atom. The minimum atomic E-state index is -2.50. The summed E-state index contributed by atoms with van der Waals surface area (Å²) in [6, 6.07) is -0.119. The van der Waals surface area contributed by atoms with Gasteiger partial charge in [0.2, 0.25) is 5.91 Å². The summed E-state index contributed by atoms with van der Waals surface area (Å²) in [6.45, 7) is 1.13. The van der Waals surface area contributed by atoms with Crippen LogP contribution in [0.3, 0.4) is 0 Å². The maximum Gasteiger partial charge on any atom is 0.261 e. The van der Waals surface area contributed by atoms with Crippen LogP contribution < -0.4 is 5.73 Å². The number of nitrogens with zero attached hydrogens (tertiary/aromatic N) is 1. The first-order valence-electron chi connectivity index (χ1n) is 5.58. The number of amides is 1. The van der Waals surface area contributed by atoms with Crippen LogP contribution in [0.15, 0.2) is 0 Å². The Hall–Kier alpha value is -0.790. The summed E-state index contributed by atoms with van der Waals surface area (Å²) in [4.78, 5) is 13.4. The summed E-state index contributed by atoms with van der Waals surface area (Å²) in [6.07, 6.45) is -2.39. The number of nitrogens with two attached hydrogens (primary N) is 1. The molecule has 1 heterocycles. The fraction of sp³-hybridized carbons (Fsp3) is 0.900. The van der Waals surface area contributed by atoms with Crippen molar-refractivity contribution in [2.45, 2.75) is 18.9 Å². The topological polar surface area (TPSA) is 64.8 Å². The molecule has 2 N–H and O–H groups in total. The third-order valence-electron chi connectivity index (χ3n) is 2.52. The summed E-state index contributed by atoms with van der Waals surface area (Å²) in [5.74, 6) is -0.127. The number of carbonyl (C=O) groups is 1. The maximum atomic E-state index is 11.8. The molecule has 1 saturated heterocycles. The molecule has 1 rings (SSSR count). The quantitative estimate of drug-likeness (QED) is 0.667. The largest absolute Gasteiger partial charge is 0.377 e. The summed E-state index contributed by atoms with van der Waals surface area (Å²) in [5, 5.41) is 0. The maximum absolute atomic E-state index is 11.8. The highest BCUT2D eigenvalue weighted by atomic mass is 19.3. The van der Waals surface area contributed by atoms with Crippen LogP contribution in [0.5, 0.6) is 0 Å². The summed E-state index contributed by atoms with van der Waals surface area (Å²) in [7, 11) is 0. The second kappa shape index (κ2) is 7.52. The molecule has 17 heavy (non-hydrogen) atoms. The van der Waals surface area contributed by atoms with Gasteiger partial charge in [-0.3, -0.25) is 4.79 Å². The normalized spacial score (nSPS) is 20.9. The molecule has 0 saturated carbocycles. The van der Waals surface area contributed by atoms with Crippen LogP contribution in [-0.2, 0) is 14.3 Å². The van der Waals surface area contributed by atoms with Crippen molar-refractivity contribution in [3.63, 3.8) is 0 Å². The molecule has 1 aliphatic heterocycles. The van der Waals surface area contributed by atoms with Gasteiger partial charge in [-0.05, 0) is 0 Å². The van der Waals surface area contributed by atoms with Crippen LogP contribution in [0, 0.1) is 0 Å². The Labute approximate surface area is 98.8 Å². The second-order valence-corrected chi connectivity index (χ2v) is 3.77. The monoisotopic (exact) mass is 252 g/mol. The van der Waals surface area contributed by atoms with E-state index in [1.165, 1.54) is 0 Å². The van der Waals surface area contributed by atoms with Gasteiger partial charge >= 0.3 is 0 Å². The van der Waals surface area contributed by atoms with Crippen molar-refractivity contribution in [2.75, 3.05) is 39.5 Å². The minimum absolute atomic E-state index is 0.0117. The fourth-order valence-corrected chi connectivity index (χ4v) is 1.65. The van der Waals surface area contributed by atoms with Gasteiger partial charge in [-0.15, -0.1) is 0 Å². The van der Waals surface area contributed by atoms with Gasteiger partial charge in [0.1, 0.15) is 6.61 Å². The number of rotatable bonds is 6. The van der Waals surface area contributed by atoms with E-state index in [0.717, 1.165) is 0 Å². The number of hydrogen-bond acceptors (Lipinski definition) is 4. The Bertz CT molecular complexity index is 242. The lowest BCUT2D eigenvalue weighted by molar-refractivity contribution is -0.140. The van der Waals surface area contributed by atoms with Gasteiger partial charge in [0.15, 0.2) is 0 Å². The molecule has 0 aromatic rings. The van der Waals surface area contributed by atoms with Crippen molar-refractivity contribution < 1.29 is 23.0 Å². The first-order valence-corrected chi connectivity index (χ1v) is 5.58. The van der Waals surface area contributed by atoms with E-state index in [1.807, 2.05) is 0 Å². The van der Waals surface area contributed by atoms with E-state index in [1.54, 1.807) is 4.90 Å². The van der Waals surface area contributed by atoms with Crippen LogP contribution in [0.2, 0.25) is 0 Å². The van der Waals surface area contributed by atoms with Crippen LogP contribution in [0.4, 0.5) is 8.78 Å². The highest BCUT2D eigenvalue weighted by Gasteiger charge is 2.25. The summed E-state index contributed by atoms with van der Waals surface area (Å²) in [5.41, 5.74) is 5.52. The Morgan fingerprint density at radius 3 is 3.00 bits per heavy atom. The average Bonchev–Trinajstić information content (AvgIpc) is 2.34. The van der Waals surface area contributed by atoms with E-state index in [0.29, 0.717) is 26.3 Å². The smallest absolute Gasteiger partial charge is 0.261 e. The highest BCUT2D eigenvalue weighted by Crippen LogP contribution is 2.08. The van der Waals surface area contributed by atoms with Gasteiger partial charge in [-0.25, -0.2) is 8.78 Å². The molecule has 1 aliphatic rings. The average molecular weight is 252 g/mol. The molecule has 0 aromatic heterocycles. The van der Waals surface area contributed by atoms with E-state index in [4.69, 9.17) is 10.5 Å². The lowest BCUT2D eigenvalue weighted by Gasteiger charge is -2.34. The molecule has 5 nitrogen and oxygen atoms in total. The van der Waals surface area contributed by atoms with E-state index < -0.39 is 13.0 Å². The molecule has 1 fully saturated rings. The molecule has 0 spiro atoms. The van der Waals surface area contributed by atoms with Crippen LogP contribution in [-0.4, -0.2) is 62.8 Å². The summed E-state index contributed by atoms with van der Waals surface area (Å²) >= 11 is 0.